The highest BCUT2D eigenvalue weighted by Crippen LogP contribution is 2.35. The molecule has 2 nitrogen and oxygen atoms in total. The number of alkyl halides is 3. The number of hydrogen-bond donors (Lipinski definition) is 1. The van der Waals surface area contributed by atoms with Gasteiger partial charge in [0.25, 0.3) is 0 Å². The summed E-state index contributed by atoms with van der Waals surface area (Å²) in [6, 6.07) is 9.15. The number of rotatable bonds is 7. The zero-order valence-corrected chi connectivity index (χ0v) is 15.4. The summed E-state index contributed by atoms with van der Waals surface area (Å²) in [5, 5.41) is 2.75. The molecule has 2 aromatic carbocycles. The molecule has 0 saturated carbocycles. The van der Waals surface area contributed by atoms with Crippen molar-refractivity contribution in [2.45, 2.75) is 31.0 Å². The van der Waals surface area contributed by atoms with Crippen molar-refractivity contribution >= 4 is 34.8 Å². The lowest BCUT2D eigenvalue weighted by atomic mass is 10.0. The quantitative estimate of drug-likeness (QED) is 0.331. The third-order valence-electron chi connectivity index (χ3n) is 3.52. The second-order valence-electron chi connectivity index (χ2n) is 5.45. The molecule has 0 heterocycles. The minimum atomic E-state index is -4.35. The SMILES string of the molecule is CCC(=O)c1ccccc1CNc1cc(SCC(F)(F)F)c(Cl)cc1F. The molecule has 0 unspecified atom stereocenters. The highest BCUT2D eigenvalue weighted by Gasteiger charge is 2.28. The number of thioether (sulfide) groups is 1. The summed E-state index contributed by atoms with van der Waals surface area (Å²) >= 11 is 6.32. The first kappa shape index (κ1) is 20.6. The summed E-state index contributed by atoms with van der Waals surface area (Å²) in [5.74, 6) is -1.84. The second kappa shape index (κ2) is 8.77. The Kier molecular flexibility index (Phi) is 6.94. The van der Waals surface area contributed by atoms with Crippen LogP contribution in [0.25, 0.3) is 0 Å². The number of nitrogens with one attached hydrogen (secondary N) is 1. The minimum absolute atomic E-state index is 0.0258. The molecule has 140 valence electrons. The van der Waals surface area contributed by atoms with Crippen molar-refractivity contribution in [3.05, 3.63) is 58.4 Å². The first-order valence-electron chi connectivity index (χ1n) is 7.75. The average Bonchev–Trinajstić information content (AvgIpc) is 2.59. The third kappa shape index (κ3) is 5.64. The Hall–Kier alpha value is -1.73. The summed E-state index contributed by atoms with van der Waals surface area (Å²) in [7, 11) is 0. The summed E-state index contributed by atoms with van der Waals surface area (Å²) < 4.78 is 51.3. The number of benzene rings is 2. The van der Waals surface area contributed by atoms with Gasteiger partial charge >= 0.3 is 6.18 Å². The van der Waals surface area contributed by atoms with E-state index in [0.717, 1.165) is 6.07 Å². The van der Waals surface area contributed by atoms with Crippen molar-refractivity contribution in [1.29, 1.82) is 0 Å². The van der Waals surface area contributed by atoms with E-state index in [1.54, 1.807) is 31.2 Å². The molecule has 2 rings (SSSR count). The van der Waals surface area contributed by atoms with Crippen molar-refractivity contribution in [2.75, 3.05) is 11.1 Å². The number of carbonyl (C=O) groups is 1. The van der Waals surface area contributed by atoms with Crippen LogP contribution in [0.2, 0.25) is 5.02 Å². The van der Waals surface area contributed by atoms with Gasteiger partial charge in [-0.15, -0.1) is 11.8 Å². The number of hydrogen-bond acceptors (Lipinski definition) is 3. The van der Waals surface area contributed by atoms with E-state index in [-0.39, 0.29) is 27.9 Å². The van der Waals surface area contributed by atoms with E-state index >= 15 is 0 Å². The molecule has 0 fully saturated rings. The molecule has 0 atom stereocenters. The fourth-order valence-corrected chi connectivity index (χ4v) is 3.29. The average molecular weight is 406 g/mol. The molecule has 1 N–H and O–H groups in total. The van der Waals surface area contributed by atoms with E-state index in [0.29, 0.717) is 29.3 Å². The molecular weight excluding hydrogens is 390 g/mol. The van der Waals surface area contributed by atoms with Crippen LogP contribution in [0, 0.1) is 5.82 Å². The van der Waals surface area contributed by atoms with Gasteiger partial charge in [-0.1, -0.05) is 42.8 Å². The normalized spacial score (nSPS) is 11.5. The predicted octanol–water partition coefficient (Wildman–Crippen LogP) is 6.34. The van der Waals surface area contributed by atoms with Crippen molar-refractivity contribution in [3.63, 3.8) is 0 Å². The van der Waals surface area contributed by atoms with Crippen LogP contribution in [0.15, 0.2) is 41.3 Å². The Morgan fingerprint density at radius 2 is 1.92 bits per heavy atom. The summed E-state index contributed by atoms with van der Waals surface area (Å²) in [4.78, 5) is 12.1. The predicted molar refractivity (Wildman–Crippen MR) is 96.6 cm³/mol. The fraction of sp³-hybridized carbons (Fsp3) is 0.278. The lowest BCUT2D eigenvalue weighted by molar-refractivity contribution is -0.105. The van der Waals surface area contributed by atoms with Crippen LogP contribution >= 0.6 is 23.4 Å². The zero-order chi connectivity index (χ0) is 19.3. The van der Waals surface area contributed by atoms with E-state index in [2.05, 4.69) is 5.32 Å². The van der Waals surface area contributed by atoms with Gasteiger partial charge in [0.15, 0.2) is 5.78 Å². The van der Waals surface area contributed by atoms with E-state index in [9.17, 15) is 22.4 Å². The van der Waals surface area contributed by atoms with Crippen molar-refractivity contribution in [1.82, 2.24) is 0 Å². The molecule has 0 aliphatic carbocycles. The van der Waals surface area contributed by atoms with Gasteiger partial charge in [-0.05, 0) is 17.7 Å². The molecule has 0 amide bonds. The number of Topliss-reactive ketones (excluding diaryl/α,β-unsaturated/α-hetero) is 1. The Balaban J connectivity index is 2.19. The van der Waals surface area contributed by atoms with Gasteiger partial charge in [-0.2, -0.15) is 13.2 Å². The van der Waals surface area contributed by atoms with E-state index in [1.165, 1.54) is 6.07 Å². The van der Waals surface area contributed by atoms with Gasteiger partial charge in [0.1, 0.15) is 5.82 Å². The monoisotopic (exact) mass is 405 g/mol. The first-order valence-corrected chi connectivity index (χ1v) is 9.11. The van der Waals surface area contributed by atoms with E-state index < -0.39 is 17.7 Å². The second-order valence-corrected chi connectivity index (χ2v) is 6.88. The van der Waals surface area contributed by atoms with E-state index in [1.807, 2.05) is 0 Å². The zero-order valence-electron chi connectivity index (χ0n) is 13.8. The van der Waals surface area contributed by atoms with Crippen molar-refractivity contribution in [3.8, 4) is 0 Å². The van der Waals surface area contributed by atoms with E-state index in [4.69, 9.17) is 11.6 Å². The van der Waals surface area contributed by atoms with Gasteiger partial charge < -0.3 is 5.32 Å². The number of anilines is 1. The minimum Gasteiger partial charge on any atom is -0.379 e. The van der Waals surface area contributed by atoms with Crippen LogP contribution in [0.3, 0.4) is 0 Å². The van der Waals surface area contributed by atoms with Gasteiger partial charge in [0, 0.05) is 23.4 Å². The molecule has 0 spiro atoms. The molecule has 0 aliphatic rings. The van der Waals surface area contributed by atoms with Gasteiger partial charge in [-0.25, -0.2) is 4.39 Å². The lowest BCUT2D eigenvalue weighted by Crippen LogP contribution is -2.11. The summed E-state index contributed by atoms with van der Waals surface area (Å²) in [6.07, 6.45) is -4.01. The molecule has 2 aromatic rings. The van der Waals surface area contributed by atoms with Gasteiger partial charge in [-0.3, -0.25) is 4.79 Å². The molecule has 0 aromatic heterocycles. The molecule has 0 bridgehead atoms. The molecule has 0 radical (unpaired) electrons. The number of ketones is 1. The fourth-order valence-electron chi connectivity index (χ4n) is 2.26. The topological polar surface area (TPSA) is 29.1 Å². The molecular formula is C18H16ClF4NOS. The van der Waals surface area contributed by atoms with Crippen LogP contribution in [-0.2, 0) is 6.54 Å². The Bertz CT molecular complexity index is 795. The Morgan fingerprint density at radius 3 is 2.58 bits per heavy atom. The molecule has 0 aliphatic heterocycles. The third-order valence-corrected chi connectivity index (χ3v) is 5.07. The number of halogens is 5. The smallest absolute Gasteiger partial charge is 0.379 e. The van der Waals surface area contributed by atoms with Crippen LogP contribution < -0.4 is 5.32 Å². The van der Waals surface area contributed by atoms with Crippen LogP contribution in [0.1, 0.15) is 29.3 Å². The van der Waals surface area contributed by atoms with Crippen molar-refractivity contribution < 1.29 is 22.4 Å². The maximum atomic E-state index is 14.1. The van der Waals surface area contributed by atoms with Crippen LogP contribution in [0.4, 0.5) is 23.2 Å². The van der Waals surface area contributed by atoms with Crippen LogP contribution in [0.5, 0.6) is 0 Å². The van der Waals surface area contributed by atoms with Gasteiger partial charge in [0.2, 0.25) is 0 Å². The standard InChI is InChI=1S/C18H16ClF4NOS/c1-2-16(25)12-6-4-3-5-11(12)9-24-15-8-17(13(19)7-14(15)20)26-10-18(21,22)23/h3-8,24H,2,9-10H2,1H3. The largest absolute Gasteiger partial charge is 0.398 e. The molecule has 0 saturated heterocycles. The van der Waals surface area contributed by atoms with Crippen molar-refractivity contribution in [2.24, 2.45) is 0 Å². The van der Waals surface area contributed by atoms with Gasteiger partial charge in [0.05, 0.1) is 16.5 Å². The molecule has 26 heavy (non-hydrogen) atoms. The Morgan fingerprint density at radius 1 is 1.23 bits per heavy atom. The maximum absolute atomic E-state index is 14.1. The summed E-state index contributed by atoms with van der Waals surface area (Å²) in [5.41, 5.74) is 1.24. The summed E-state index contributed by atoms with van der Waals surface area (Å²) in [6.45, 7) is 1.90. The Labute approximate surface area is 157 Å². The first-order chi connectivity index (χ1) is 12.2. The number of carbonyl (C=O) groups excluding carboxylic acids is 1. The maximum Gasteiger partial charge on any atom is 0.398 e. The van der Waals surface area contributed by atoms with Crippen LogP contribution in [-0.4, -0.2) is 17.7 Å². The lowest BCUT2D eigenvalue weighted by Gasteiger charge is -2.13. The highest BCUT2D eigenvalue weighted by atomic mass is 35.5. The highest BCUT2D eigenvalue weighted by molar-refractivity contribution is 7.99. The molecule has 8 heteroatoms.